The predicted octanol–water partition coefficient (Wildman–Crippen LogP) is 2.99. The van der Waals surface area contributed by atoms with E-state index >= 15 is 0 Å². The number of carbonyl (C=O) groups is 1. The number of likely N-dealkylation sites (tertiary alicyclic amines) is 1. The fourth-order valence-electron chi connectivity index (χ4n) is 2.77. The van der Waals surface area contributed by atoms with E-state index in [1.54, 1.807) is 12.1 Å². The molecule has 1 aromatic rings. The molecular formula is C17H26ClFN2O2. The van der Waals surface area contributed by atoms with Crippen LogP contribution in [0.1, 0.15) is 32.6 Å². The van der Waals surface area contributed by atoms with Crippen LogP contribution in [0.5, 0.6) is 5.75 Å². The number of benzene rings is 1. The van der Waals surface area contributed by atoms with E-state index in [1.807, 2.05) is 11.8 Å². The molecule has 2 atom stereocenters. The molecule has 4 nitrogen and oxygen atoms in total. The highest BCUT2D eigenvalue weighted by atomic mass is 35.5. The Balaban J connectivity index is 0.00000264. The molecule has 0 aliphatic carbocycles. The molecule has 2 unspecified atom stereocenters. The minimum atomic E-state index is -0.281. The molecule has 0 saturated carbocycles. The van der Waals surface area contributed by atoms with Gasteiger partial charge in [0.15, 0.2) is 0 Å². The molecule has 1 amide bonds. The number of hydrogen-bond acceptors (Lipinski definition) is 3. The van der Waals surface area contributed by atoms with Gasteiger partial charge in [-0.1, -0.05) is 0 Å². The van der Waals surface area contributed by atoms with E-state index < -0.39 is 0 Å². The van der Waals surface area contributed by atoms with Crippen LogP contribution in [0.25, 0.3) is 0 Å². The molecule has 1 heterocycles. The van der Waals surface area contributed by atoms with E-state index in [2.05, 4.69) is 0 Å². The first-order valence-corrected chi connectivity index (χ1v) is 7.98. The molecule has 0 bridgehead atoms. The molecule has 6 heteroatoms. The normalized spacial score (nSPS) is 18.9. The average molecular weight is 345 g/mol. The summed E-state index contributed by atoms with van der Waals surface area (Å²) >= 11 is 0. The molecule has 23 heavy (non-hydrogen) atoms. The van der Waals surface area contributed by atoms with Gasteiger partial charge in [-0.2, -0.15) is 0 Å². The van der Waals surface area contributed by atoms with Crippen LogP contribution in [0, 0.1) is 11.7 Å². The summed E-state index contributed by atoms with van der Waals surface area (Å²) in [6, 6.07) is 6.05. The van der Waals surface area contributed by atoms with Gasteiger partial charge >= 0.3 is 0 Å². The SMILES string of the molecule is CC(N)C1CCCN(C(=O)CCCOc2ccc(F)cc2)C1.Cl. The van der Waals surface area contributed by atoms with Crippen LogP contribution in [-0.4, -0.2) is 36.5 Å². The fraction of sp³-hybridized carbons (Fsp3) is 0.588. The summed E-state index contributed by atoms with van der Waals surface area (Å²) in [6.07, 6.45) is 3.28. The first kappa shape index (κ1) is 19.7. The molecule has 0 radical (unpaired) electrons. The second-order valence-corrected chi connectivity index (χ2v) is 6.01. The standard InChI is InChI=1S/C17H25FN2O2.ClH/c1-13(19)14-4-2-10-20(12-14)17(21)5-3-11-22-16-8-6-15(18)7-9-16;/h6-9,13-14H,2-5,10-12,19H2,1H3;1H. The lowest BCUT2D eigenvalue weighted by atomic mass is 9.92. The van der Waals surface area contributed by atoms with Gasteiger partial charge in [-0.15, -0.1) is 12.4 Å². The first-order chi connectivity index (χ1) is 10.6. The Morgan fingerprint density at radius 3 is 2.78 bits per heavy atom. The lowest BCUT2D eigenvalue weighted by molar-refractivity contribution is -0.133. The molecule has 1 aliphatic rings. The third kappa shape index (κ3) is 6.36. The Bertz CT molecular complexity index is 482. The topological polar surface area (TPSA) is 55.6 Å². The van der Waals surface area contributed by atoms with Gasteiger partial charge in [-0.3, -0.25) is 4.79 Å². The molecule has 2 rings (SSSR count). The molecule has 130 valence electrons. The molecule has 0 spiro atoms. The predicted molar refractivity (Wildman–Crippen MR) is 91.3 cm³/mol. The van der Waals surface area contributed by atoms with E-state index in [0.717, 1.165) is 25.9 Å². The van der Waals surface area contributed by atoms with Crippen molar-refractivity contribution in [1.82, 2.24) is 4.90 Å². The number of piperidine rings is 1. The van der Waals surface area contributed by atoms with Crippen molar-refractivity contribution in [1.29, 1.82) is 0 Å². The van der Waals surface area contributed by atoms with Crippen molar-refractivity contribution in [2.75, 3.05) is 19.7 Å². The number of hydrogen-bond donors (Lipinski definition) is 1. The van der Waals surface area contributed by atoms with E-state index in [-0.39, 0.29) is 30.2 Å². The monoisotopic (exact) mass is 344 g/mol. The summed E-state index contributed by atoms with van der Waals surface area (Å²) in [4.78, 5) is 14.1. The van der Waals surface area contributed by atoms with Crippen molar-refractivity contribution in [3.63, 3.8) is 0 Å². The highest BCUT2D eigenvalue weighted by molar-refractivity contribution is 5.85. The molecule has 1 fully saturated rings. The highest BCUT2D eigenvalue weighted by Crippen LogP contribution is 2.19. The largest absolute Gasteiger partial charge is 0.494 e. The minimum Gasteiger partial charge on any atom is -0.494 e. The first-order valence-electron chi connectivity index (χ1n) is 7.98. The number of nitrogens with zero attached hydrogens (tertiary/aromatic N) is 1. The lowest BCUT2D eigenvalue weighted by Gasteiger charge is -2.34. The zero-order chi connectivity index (χ0) is 15.9. The van der Waals surface area contributed by atoms with Gasteiger partial charge in [0, 0.05) is 25.6 Å². The second-order valence-electron chi connectivity index (χ2n) is 6.01. The zero-order valence-corrected chi connectivity index (χ0v) is 14.4. The van der Waals surface area contributed by atoms with Crippen molar-refractivity contribution in [2.24, 2.45) is 11.7 Å². The van der Waals surface area contributed by atoms with Crippen LogP contribution in [0.15, 0.2) is 24.3 Å². The maximum absolute atomic E-state index is 12.8. The molecule has 1 aromatic carbocycles. The molecule has 0 aromatic heterocycles. The Hall–Kier alpha value is -1.33. The maximum Gasteiger partial charge on any atom is 0.222 e. The van der Waals surface area contributed by atoms with Gasteiger partial charge in [-0.05, 0) is 56.4 Å². The minimum absolute atomic E-state index is 0. The van der Waals surface area contributed by atoms with E-state index in [9.17, 15) is 9.18 Å². The zero-order valence-electron chi connectivity index (χ0n) is 13.5. The van der Waals surface area contributed by atoms with Crippen molar-refractivity contribution in [3.05, 3.63) is 30.1 Å². The van der Waals surface area contributed by atoms with Gasteiger partial charge in [0.05, 0.1) is 6.61 Å². The second kappa shape index (κ2) is 9.73. The Labute approximate surface area is 143 Å². The van der Waals surface area contributed by atoms with Crippen LogP contribution >= 0.6 is 12.4 Å². The quantitative estimate of drug-likeness (QED) is 0.807. The van der Waals surface area contributed by atoms with Crippen molar-refractivity contribution >= 4 is 18.3 Å². The molecule has 1 aliphatic heterocycles. The van der Waals surface area contributed by atoms with Crippen molar-refractivity contribution in [3.8, 4) is 5.75 Å². The number of nitrogens with two attached hydrogens (primary N) is 1. The fourth-order valence-corrected chi connectivity index (χ4v) is 2.77. The number of amides is 1. The van der Waals surface area contributed by atoms with E-state index in [0.29, 0.717) is 31.1 Å². The lowest BCUT2D eigenvalue weighted by Crippen LogP contribution is -2.45. The molecule has 2 N–H and O–H groups in total. The van der Waals surface area contributed by atoms with Gasteiger partial charge in [0.1, 0.15) is 11.6 Å². The number of halogens is 2. The van der Waals surface area contributed by atoms with Crippen LogP contribution in [0.3, 0.4) is 0 Å². The smallest absolute Gasteiger partial charge is 0.222 e. The third-order valence-corrected chi connectivity index (χ3v) is 4.17. The summed E-state index contributed by atoms with van der Waals surface area (Å²) in [7, 11) is 0. The Kier molecular flexibility index (Phi) is 8.34. The van der Waals surface area contributed by atoms with Gasteiger partial charge in [0.2, 0.25) is 5.91 Å². The van der Waals surface area contributed by atoms with Crippen LogP contribution in [0.4, 0.5) is 4.39 Å². The molecular weight excluding hydrogens is 319 g/mol. The summed E-state index contributed by atoms with van der Waals surface area (Å²) < 4.78 is 18.3. The number of rotatable bonds is 6. The van der Waals surface area contributed by atoms with Gasteiger partial charge in [-0.25, -0.2) is 4.39 Å². The van der Waals surface area contributed by atoms with Crippen molar-refractivity contribution in [2.45, 2.75) is 38.6 Å². The number of carbonyl (C=O) groups excluding carboxylic acids is 1. The summed E-state index contributed by atoms with van der Waals surface area (Å²) in [5, 5.41) is 0. The summed E-state index contributed by atoms with van der Waals surface area (Å²) in [6.45, 7) is 4.08. The van der Waals surface area contributed by atoms with Gasteiger partial charge < -0.3 is 15.4 Å². The Morgan fingerprint density at radius 1 is 1.43 bits per heavy atom. The summed E-state index contributed by atoms with van der Waals surface area (Å²) in [5.41, 5.74) is 5.94. The molecule has 1 saturated heterocycles. The van der Waals surface area contributed by atoms with Crippen LogP contribution in [0.2, 0.25) is 0 Å². The third-order valence-electron chi connectivity index (χ3n) is 4.17. The van der Waals surface area contributed by atoms with Crippen LogP contribution in [-0.2, 0) is 4.79 Å². The van der Waals surface area contributed by atoms with Gasteiger partial charge in [0.25, 0.3) is 0 Å². The van der Waals surface area contributed by atoms with E-state index in [4.69, 9.17) is 10.5 Å². The maximum atomic E-state index is 12.8. The van der Waals surface area contributed by atoms with E-state index in [1.165, 1.54) is 12.1 Å². The van der Waals surface area contributed by atoms with Crippen LogP contribution < -0.4 is 10.5 Å². The summed E-state index contributed by atoms with van der Waals surface area (Å²) in [5.74, 6) is 0.932. The number of ether oxygens (including phenoxy) is 1. The average Bonchev–Trinajstić information content (AvgIpc) is 2.53. The van der Waals surface area contributed by atoms with Crippen molar-refractivity contribution < 1.29 is 13.9 Å². The highest BCUT2D eigenvalue weighted by Gasteiger charge is 2.25. The Morgan fingerprint density at radius 2 is 2.13 bits per heavy atom.